The van der Waals surface area contributed by atoms with Gasteiger partial charge in [0.15, 0.2) is 0 Å². The van der Waals surface area contributed by atoms with Gasteiger partial charge in [-0.1, -0.05) is 6.92 Å². The summed E-state index contributed by atoms with van der Waals surface area (Å²) in [5.74, 6) is 1.31. The van der Waals surface area contributed by atoms with Crippen LogP contribution in [0.3, 0.4) is 0 Å². The van der Waals surface area contributed by atoms with Gasteiger partial charge in [0, 0.05) is 23.7 Å². The maximum Gasteiger partial charge on any atom is 0.0458 e. The van der Waals surface area contributed by atoms with Crippen LogP contribution in [0.2, 0.25) is 0 Å². The zero-order chi connectivity index (χ0) is 12.1. The zero-order valence-electron chi connectivity index (χ0n) is 10.8. The smallest absolute Gasteiger partial charge is 0.0458 e. The summed E-state index contributed by atoms with van der Waals surface area (Å²) in [5, 5.41) is 4.43. The van der Waals surface area contributed by atoms with E-state index in [1.165, 1.54) is 36.1 Å². The van der Waals surface area contributed by atoms with E-state index in [9.17, 15) is 0 Å². The molecule has 1 N–H and O–H groups in total. The number of thioether (sulfide) groups is 1. The van der Waals surface area contributed by atoms with Crippen molar-refractivity contribution in [2.24, 2.45) is 0 Å². The van der Waals surface area contributed by atoms with Crippen molar-refractivity contribution in [1.29, 1.82) is 0 Å². The molecule has 2 rings (SSSR count). The van der Waals surface area contributed by atoms with Gasteiger partial charge in [0.1, 0.15) is 0 Å². The van der Waals surface area contributed by atoms with Crippen LogP contribution < -0.4 is 5.32 Å². The first kappa shape index (κ1) is 12.9. The fraction of sp³-hybridized carbons (Fsp3) is 0.643. The van der Waals surface area contributed by atoms with Crippen molar-refractivity contribution in [1.82, 2.24) is 10.3 Å². The average molecular weight is 250 g/mol. The van der Waals surface area contributed by atoms with Crippen LogP contribution in [0.1, 0.15) is 43.4 Å². The fourth-order valence-electron chi connectivity index (χ4n) is 2.41. The van der Waals surface area contributed by atoms with Gasteiger partial charge in [-0.15, -0.1) is 0 Å². The Labute approximate surface area is 109 Å². The topological polar surface area (TPSA) is 24.9 Å². The van der Waals surface area contributed by atoms with Crippen LogP contribution in [0.5, 0.6) is 0 Å². The summed E-state index contributed by atoms with van der Waals surface area (Å²) in [6.07, 6.45) is 7.81. The Balaban J connectivity index is 2.16. The molecule has 0 aromatic carbocycles. The lowest BCUT2D eigenvalue weighted by atomic mass is 9.98. The Bertz CT molecular complexity index is 348. The molecule has 1 saturated heterocycles. The number of nitrogens with zero attached hydrogens (tertiary/aromatic N) is 1. The van der Waals surface area contributed by atoms with Crippen molar-refractivity contribution in [2.45, 2.75) is 44.4 Å². The van der Waals surface area contributed by atoms with E-state index in [0.717, 1.165) is 11.8 Å². The maximum atomic E-state index is 4.30. The molecule has 1 fully saturated rings. The Morgan fingerprint density at radius 2 is 2.47 bits per heavy atom. The molecule has 3 heteroatoms. The lowest BCUT2D eigenvalue weighted by molar-refractivity contribution is 0.500. The predicted octanol–water partition coefficient (Wildman–Crippen LogP) is 3.33. The number of rotatable bonds is 5. The first-order valence-electron chi connectivity index (χ1n) is 6.58. The van der Waals surface area contributed by atoms with Crippen LogP contribution in [0, 0.1) is 6.92 Å². The molecular formula is C14H22N2S. The quantitative estimate of drug-likeness (QED) is 0.867. The predicted molar refractivity (Wildman–Crippen MR) is 75.5 cm³/mol. The third-order valence-electron chi connectivity index (χ3n) is 3.37. The number of aromatic nitrogens is 1. The molecule has 2 atom stereocenters. The van der Waals surface area contributed by atoms with Crippen molar-refractivity contribution in [3.8, 4) is 0 Å². The van der Waals surface area contributed by atoms with Crippen molar-refractivity contribution in [2.75, 3.05) is 12.3 Å². The Kier molecular flexibility index (Phi) is 4.86. The molecule has 0 bridgehead atoms. The molecule has 1 aromatic heterocycles. The molecule has 0 saturated carbocycles. The van der Waals surface area contributed by atoms with Gasteiger partial charge in [0.2, 0.25) is 0 Å². The summed E-state index contributed by atoms with van der Waals surface area (Å²) in [6, 6.07) is 2.60. The second-order valence-electron chi connectivity index (χ2n) is 4.72. The third-order valence-corrected chi connectivity index (χ3v) is 4.83. The molecule has 0 amide bonds. The lowest BCUT2D eigenvalue weighted by Crippen LogP contribution is -2.30. The molecular weight excluding hydrogens is 228 g/mol. The van der Waals surface area contributed by atoms with Crippen LogP contribution in [-0.2, 0) is 0 Å². The average Bonchev–Trinajstić information content (AvgIpc) is 2.85. The first-order chi connectivity index (χ1) is 8.33. The summed E-state index contributed by atoms with van der Waals surface area (Å²) in [7, 11) is 0. The minimum absolute atomic E-state index is 0.483. The maximum absolute atomic E-state index is 4.30. The van der Waals surface area contributed by atoms with E-state index in [4.69, 9.17) is 0 Å². The monoisotopic (exact) mass is 250 g/mol. The largest absolute Gasteiger partial charge is 0.309 e. The van der Waals surface area contributed by atoms with Crippen LogP contribution in [0.4, 0.5) is 0 Å². The molecule has 2 heterocycles. The zero-order valence-corrected chi connectivity index (χ0v) is 11.6. The second kappa shape index (κ2) is 6.41. The van der Waals surface area contributed by atoms with E-state index in [0.29, 0.717) is 6.04 Å². The molecule has 17 heavy (non-hydrogen) atoms. The van der Waals surface area contributed by atoms with Crippen LogP contribution in [0.15, 0.2) is 18.5 Å². The molecule has 1 aromatic rings. The highest BCUT2D eigenvalue weighted by atomic mass is 32.2. The molecule has 0 radical (unpaired) electrons. The second-order valence-corrected chi connectivity index (χ2v) is 6.06. The van der Waals surface area contributed by atoms with Crippen LogP contribution in [0.25, 0.3) is 0 Å². The Morgan fingerprint density at radius 3 is 3.12 bits per heavy atom. The molecule has 2 nitrogen and oxygen atoms in total. The minimum atomic E-state index is 0.483. The summed E-state index contributed by atoms with van der Waals surface area (Å²) in [6.45, 7) is 5.51. The number of pyridine rings is 1. The lowest BCUT2D eigenvalue weighted by Gasteiger charge is -2.25. The summed E-state index contributed by atoms with van der Waals surface area (Å²) in [4.78, 5) is 4.30. The van der Waals surface area contributed by atoms with Gasteiger partial charge in [-0.3, -0.25) is 4.98 Å². The van der Waals surface area contributed by atoms with Gasteiger partial charge < -0.3 is 5.32 Å². The molecule has 1 aliphatic rings. The van der Waals surface area contributed by atoms with E-state index >= 15 is 0 Å². The van der Waals surface area contributed by atoms with Gasteiger partial charge in [-0.25, -0.2) is 0 Å². The SMILES string of the molecule is CCCNC(c1cnccc1C)C1CCCS1. The van der Waals surface area contributed by atoms with Crippen molar-refractivity contribution >= 4 is 11.8 Å². The standard InChI is InChI=1S/C14H22N2S/c1-3-7-16-14(13-5-4-9-17-13)12-10-15-8-6-11(12)2/h6,8,10,13-14,16H,3-5,7,9H2,1-2H3. The van der Waals surface area contributed by atoms with Crippen LogP contribution >= 0.6 is 11.8 Å². The molecule has 0 spiro atoms. The first-order valence-corrected chi connectivity index (χ1v) is 7.63. The Hall–Kier alpha value is -0.540. The van der Waals surface area contributed by atoms with E-state index in [-0.39, 0.29) is 0 Å². The fourth-order valence-corrected chi connectivity index (χ4v) is 3.81. The number of hydrogen-bond donors (Lipinski definition) is 1. The highest BCUT2D eigenvalue weighted by molar-refractivity contribution is 8.00. The normalized spacial score (nSPS) is 21.6. The van der Waals surface area contributed by atoms with E-state index < -0.39 is 0 Å². The van der Waals surface area contributed by atoms with Gasteiger partial charge in [-0.2, -0.15) is 11.8 Å². The number of hydrogen-bond acceptors (Lipinski definition) is 3. The highest BCUT2D eigenvalue weighted by Gasteiger charge is 2.27. The van der Waals surface area contributed by atoms with Crippen LogP contribution in [-0.4, -0.2) is 22.5 Å². The molecule has 2 unspecified atom stereocenters. The van der Waals surface area contributed by atoms with Gasteiger partial charge in [0.25, 0.3) is 0 Å². The molecule has 0 aliphatic carbocycles. The van der Waals surface area contributed by atoms with E-state index in [2.05, 4.69) is 42.0 Å². The van der Waals surface area contributed by atoms with Crippen molar-refractivity contribution < 1.29 is 0 Å². The molecule has 94 valence electrons. The summed E-state index contributed by atoms with van der Waals surface area (Å²) in [5.41, 5.74) is 2.75. The van der Waals surface area contributed by atoms with Crippen molar-refractivity contribution in [3.05, 3.63) is 29.6 Å². The van der Waals surface area contributed by atoms with Gasteiger partial charge in [0.05, 0.1) is 0 Å². The minimum Gasteiger partial charge on any atom is -0.309 e. The van der Waals surface area contributed by atoms with E-state index in [1.807, 2.05) is 12.4 Å². The number of aryl methyl sites for hydroxylation is 1. The number of nitrogens with one attached hydrogen (secondary N) is 1. The highest BCUT2D eigenvalue weighted by Crippen LogP contribution is 2.36. The third kappa shape index (κ3) is 3.23. The van der Waals surface area contributed by atoms with Gasteiger partial charge in [-0.05, 0) is 55.7 Å². The summed E-state index contributed by atoms with van der Waals surface area (Å²) < 4.78 is 0. The van der Waals surface area contributed by atoms with Gasteiger partial charge >= 0.3 is 0 Å². The summed E-state index contributed by atoms with van der Waals surface area (Å²) >= 11 is 2.11. The van der Waals surface area contributed by atoms with Crippen molar-refractivity contribution in [3.63, 3.8) is 0 Å². The molecule has 1 aliphatic heterocycles. The van der Waals surface area contributed by atoms with E-state index in [1.54, 1.807) is 0 Å². The Morgan fingerprint density at radius 1 is 1.59 bits per heavy atom.